The smallest absolute Gasteiger partial charge is 0.350 e. The van der Waals surface area contributed by atoms with Crippen molar-refractivity contribution in [1.29, 1.82) is 0 Å². The maximum atomic E-state index is 13.5. The van der Waals surface area contributed by atoms with Gasteiger partial charge in [0.2, 0.25) is 0 Å². The van der Waals surface area contributed by atoms with Crippen molar-refractivity contribution >= 4 is 39.7 Å². The molecule has 0 radical (unpaired) electrons. The molecule has 0 saturated heterocycles. The summed E-state index contributed by atoms with van der Waals surface area (Å²) in [6.45, 7) is 1.87. The van der Waals surface area contributed by atoms with Crippen LogP contribution in [-0.2, 0) is 22.0 Å². The molecule has 6 nitrogen and oxygen atoms in total. The number of halogens is 1. The fourth-order valence-corrected chi connectivity index (χ4v) is 7.70. The lowest BCUT2D eigenvalue weighted by molar-refractivity contribution is 0.0439. The van der Waals surface area contributed by atoms with Gasteiger partial charge in [-0.3, -0.25) is 4.21 Å². The molecule has 5 atom stereocenters. The largest absolute Gasteiger partial charge is 0.459 e. The van der Waals surface area contributed by atoms with Gasteiger partial charge in [0.15, 0.2) is 0 Å². The Labute approximate surface area is 213 Å². The molecule has 1 saturated carbocycles. The Morgan fingerprint density at radius 2 is 2.18 bits per heavy atom. The molecule has 3 rings (SSSR count). The van der Waals surface area contributed by atoms with Crippen LogP contribution in [0.15, 0.2) is 35.4 Å². The van der Waals surface area contributed by atoms with E-state index in [0.717, 1.165) is 60.4 Å². The fraction of sp³-hybridized carbons (Fsp3) is 0.600. The minimum Gasteiger partial charge on any atom is -0.459 e. The van der Waals surface area contributed by atoms with E-state index in [1.165, 1.54) is 17.5 Å². The van der Waals surface area contributed by atoms with Crippen molar-refractivity contribution in [2.75, 3.05) is 13.2 Å². The molecule has 4 unspecified atom stereocenters. The standard InChI is InChI=1S/C25H34ClNO5S2/c1-2-3-9-21(29)18-7-4-8-19(15-18)34(31)24-17(11-12-20(24)26)6-5-10-23-27-16-22(33-23)25(30)32-14-13-28/h4,7-8,15-17,20-21,24,28-29H,2-3,5-6,9-14H2,1H3/t17-,20?,21?,24?,34?/m0/s1. The molecule has 1 aliphatic rings. The second kappa shape index (κ2) is 13.7. The SMILES string of the molecule is CCCCC(O)c1cccc(S(=O)C2C(Cl)CC[C@@H]2CCCc2ncc(C(=O)OCCO)s2)c1. The Balaban J connectivity index is 1.58. The van der Waals surface area contributed by atoms with Crippen LogP contribution in [0.2, 0.25) is 0 Å². The first-order valence-corrected chi connectivity index (χ1v) is 14.5. The van der Waals surface area contributed by atoms with Gasteiger partial charge in [0.05, 0.1) is 40.0 Å². The molecule has 1 aliphatic carbocycles. The van der Waals surface area contributed by atoms with E-state index in [1.807, 2.05) is 24.3 Å². The molecule has 2 aromatic rings. The minimum absolute atomic E-state index is 0.0214. The first-order chi connectivity index (χ1) is 16.4. The van der Waals surface area contributed by atoms with Crippen molar-refractivity contribution in [1.82, 2.24) is 4.98 Å². The van der Waals surface area contributed by atoms with E-state index in [0.29, 0.717) is 11.3 Å². The fourth-order valence-electron chi connectivity index (χ4n) is 4.43. The van der Waals surface area contributed by atoms with Gasteiger partial charge >= 0.3 is 5.97 Å². The van der Waals surface area contributed by atoms with Crippen molar-refractivity contribution < 1.29 is 24.0 Å². The van der Waals surface area contributed by atoms with Crippen LogP contribution < -0.4 is 0 Å². The molecule has 9 heteroatoms. The van der Waals surface area contributed by atoms with Crippen LogP contribution in [0, 0.1) is 5.92 Å². The Hall–Kier alpha value is -1.32. The van der Waals surface area contributed by atoms with Crippen LogP contribution in [0.3, 0.4) is 0 Å². The van der Waals surface area contributed by atoms with Gasteiger partial charge in [0.1, 0.15) is 11.5 Å². The molecule has 0 bridgehead atoms. The Kier molecular flexibility index (Phi) is 11.0. The number of aliphatic hydroxyl groups excluding tert-OH is 2. The van der Waals surface area contributed by atoms with Gasteiger partial charge in [0, 0.05) is 10.3 Å². The first kappa shape index (κ1) is 27.3. The number of rotatable bonds is 13. The minimum atomic E-state index is -1.24. The van der Waals surface area contributed by atoms with Crippen LogP contribution >= 0.6 is 22.9 Å². The summed E-state index contributed by atoms with van der Waals surface area (Å²) < 4.78 is 18.5. The lowest BCUT2D eigenvalue weighted by atomic mass is 10.0. The van der Waals surface area contributed by atoms with E-state index < -0.39 is 22.9 Å². The maximum Gasteiger partial charge on any atom is 0.350 e. The molecule has 0 amide bonds. The topological polar surface area (TPSA) is 96.7 Å². The molecule has 0 aliphatic heterocycles. The van der Waals surface area contributed by atoms with Crippen molar-refractivity contribution in [3.05, 3.63) is 45.9 Å². The normalized spacial score (nSPS) is 21.9. The van der Waals surface area contributed by atoms with E-state index in [1.54, 1.807) is 0 Å². The highest BCUT2D eigenvalue weighted by Gasteiger charge is 2.39. The van der Waals surface area contributed by atoms with Crippen LogP contribution in [0.4, 0.5) is 0 Å². The number of nitrogens with zero attached hydrogens (tertiary/aromatic N) is 1. The molecule has 34 heavy (non-hydrogen) atoms. The quantitative estimate of drug-likeness (QED) is 0.280. The van der Waals surface area contributed by atoms with Crippen LogP contribution in [-0.4, -0.2) is 49.2 Å². The van der Waals surface area contributed by atoms with Crippen molar-refractivity contribution in [3.8, 4) is 0 Å². The Morgan fingerprint density at radius 3 is 2.94 bits per heavy atom. The molecule has 1 heterocycles. The van der Waals surface area contributed by atoms with Crippen molar-refractivity contribution in [2.24, 2.45) is 5.92 Å². The summed E-state index contributed by atoms with van der Waals surface area (Å²) in [5, 5.41) is 19.8. The third kappa shape index (κ3) is 7.34. The summed E-state index contributed by atoms with van der Waals surface area (Å²) in [6, 6.07) is 7.52. The van der Waals surface area contributed by atoms with Gasteiger partial charge in [-0.25, -0.2) is 9.78 Å². The molecular formula is C25H34ClNO5S2. The van der Waals surface area contributed by atoms with Crippen LogP contribution in [0.1, 0.15) is 78.2 Å². The van der Waals surface area contributed by atoms with Gasteiger partial charge < -0.3 is 14.9 Å². The number of thiazole rings is 1. The third-order valence-electron chi connectivity index (χ3n) is 6.23. The maximum absolute atomic E-state index is 13.5. The summed E-state index contributed by atoms with van der Waals surface area (Å²) in [4.78, 5) is 17.4. The number of aromatic nitrogens is 1. The van der Waals surface area contributed by atoms with Gasteiger partial charge in [0.25, 0.3) is 0 Å². The van der Waals surface area contributed by atoms with Gasteiger partial charge in [-0.05, 0) is 62.1 Å². The van der Waals surface area contributed by atoms with E-state index in [-0.39, 0.29) is 29.8 Å². The van der Waals surface area contributed by atoms with Crippen molar-refractivity contribution in [2.45, 2.75) is 79.9 Å². The highest BCUT2D eigenvalue weighted by atomic mass is 35.5. The molecule has 1 fully saturated rings. The highest BCUT2D eigenvalue weighted by molar-refractivity contribution is 7.85. The van der Waals surface area contributed by atoms with Gasteiger partial charge in [-0.15, -0.1) is 22.9 Å². The molecular weight excluding hydrogens is 494 g/mol. The number of unbranched alkanes of at least 4 members (excludes halogenated alkanes) is 1. The Bertz CT molecular complexity index is 953. The number of hydrogen-bond donors (Lipinski definition) is 2. The number of esters is 1. The predicted molar refractivity (Wildman–Crippen MR) is 136 cm³/mol. The van der Waals surface area contributed by atoms with Crippen molar-refractivity contribution in [3.63, 3.8) is 0 Å². The number of aryl methyl sites for hydroxylation is 1. The average molecular weight is 528 g/mol. The summed E-state index contributed by atoms with van der Waals surface area (Å²) in [5.41, 5.74) is 0.817. The number of alkyl halides is 1. The second-order valence-electron chi connectivity index (χ2n) is 8.72. The van der Waals surface area contributed by atoms with Crippen LogP contribution in [0.5, 0.6) is 0 Å². The van der Waals surface area contributed by atoms with Crippen LogP contribution in [0.25, 0.3) is 0 Å². The molecule has 2 N–H and O–H groups in total. The third-order valence-corrected chi connectivity index (χ3v) is 9.84. The predicted octanol–water partition coefficient (Wildman–Crippen LogP) is 5.03. The zero-order valence-corrected chi connectivity index (χ0v) is 21.9. The molecule has 188 valence electrons. The second-order valence-corrected chi connectivity index (χ2v) is 12.0. The Morgan fingerprint density at radius 1 is 1.35 bits per heavy atom. The molecule has 0 spiro atoms. The summed E-state index contributed by atoms with van der Waals surface area (Å²) in [5.74, 6) is -0.206. The lowest BCUT2D eigenvalue weighted by Crippen LogP contribution is -2.27. The van der Waals surface area contributed by atoms with Gasteiger partial charge in [-0.2, -0.15) is 0 Å². The van der Waals surface area contributed by atoms with E-state index in [9.17, 15) is 14.1 Å². The zero-order chi connectivity index (χ0) is 24.5. The number of benzene rings is 1. The summed E-state index contributed by atoms with van der Waals surface area (Å²) in [7, 11) is -1.24. The summed E-state index contributed by atoms with van der Waals surface area (Å²) in [6.07, 6.45) is 7.95. The average Bonchev–Trinajstić information content (AvgIpc) is 3.47. The monoisotopic (exact) mass is 527 g/mol. The number of aliphatic hydroxyl groups is 2. The van der Waals surface area contributed by atoms with E-state index in [2.05, 4.69) is 11.9 Å². The van der Waals surface area contributed by atoms with E-state index in [4.69, 9.17) is 21.4 Å². The number of ether oxygens (including phenoxy) is 1. The lowest BCUT2D eigenvalue weighted by Gasteiger charge is -2.22. The zero-order valence-electron chi connectivity index (χ0n) is 19.5. The highest BCUT2D eigenvalue weighted by Crippen LogP contribution is 2.39. The number of carbonyl (C=O) groups is 1. The number of hydrogen-bond acceptors (Lipinski definition) is 7. The first-order valence-electron chi connectivity index (χ1n) is 12.0. The molecule has 1 aromatic carbocycles. The number of carbonyl (C=O) groups excluding carboxylic acids is 1. The van der Waals surface area contributed by atoms with Gasteiger partial charge in [-0.1, -0.05) is 31.9 Å². The van der Waals surface area contributed by atoms with E-state index >= 15 is 0 Å². The summed E-state index contributed by atoms with van der Waals surface area (Å²) >= 11 is 7.95. The molecule has 1 aromatic heterocycles.